The Balaban J connectivity index is 3.31. The quantitative estimate of drug-likeness (QED) is 0.755. The number of carbonyl (C=O) groups excluding carboxylic acids is 2. The zero-order chi connectivity index (χ0) is 19.6. The molecule has 1 aromatic rings. The van der Waals surface area contributed by atoms with Crippen LogP contribution in [0.4, 0.5) is 13.2 Å². The van der Waals surface area contributed by atoms with E-state index < -0.39 is 46.5 Å². The smallest absolute Gasteiger partial charge is 0.347 e. The summed E-state index contributed by atoms with van der Waals surface area (Å²) in [6.45, 7) is -2.50. The molecule has 0 saturated heterocycles. The van der Waals surface area contributed by atoms with E-state index >= 15 is 0 Å². The molecular weight excluding hydrogens is 385 g/mol. The predicted molar refractivity (Wildman–Crippen MR) is 85.2 cm³/mol. The minimum atomic E-state index is -4.75. The lowest BCUT2D eigenvalue weighted by Gasteiger charge is -2.25. The molecule has 25 heavy (non-hydrogen) atoms. The Morgan fingerprint density at radius 2 is 1.76 bits per heavy atom. The van der Waals surface area contributed by atoms with E-state index in [1.54, 1.807) is 0 Å². The van der Waals surface area contributed by atoms with Crippen LogP contribution < -0.4 is 0 Å². The van der Waals surface area contributed by atoms with E-state index in [1.807, 2.05) is 0 Å². The van der Waals surface area contributed by atoms with E-state index in [2.05, 4.69) is 0 Å². The van der Waals surface area contributed by atoms with E-state index in [-0.39, 0.29) is 14.8 Å². The highest BCUT2D eigenvalue weighted by Gasteiger charge is 2.35. The number of benzene rings is 1. The van der Waals surface area contributed by atoms with Crippen LogP contribution in [-0.2, 0) is 14.6 Å². The first-order chi connectivity index (χ1) is 11.2. The zero-order valence-corrected chi connectivity index (χ0v) is 15.2. The lowest BCUT2D eigenvalue weighted by atomic mass is 10.2. The Morgan fingerprint density at radius 3 is 2.20 bits per heavy atom. The minimum Gasteiger partial charge on any atom is -0.347 e. The maximum Gasteiger partial charge on any atom is 0.406 e. The van der Waals surface area contributed by atoms with Crippen LogP contribution in [0, 0.1) is 0 Å². The number of alkyl halides is 3. The van der Waals surface area contributed by atoms with Crippen LogP contribution in [0.25, 0.3) is 0 Å². The molecule has 0 fully saturated rings. The molecule has 2 amide bonds. The summed E-state index contributed by atoms with van der Waals surface area (Å²) in [5, 5.41) is -0.220. The maximum atomic E-state index is 12.8. The average molecular weight is 401 g/mol. The summed E-state index contributed by atoms with van der Waals surface area (Å²) in [4.78, 5) is 25.2. The molecule has 11 heteroatoms. The number of amides is 2. The van der Waals surface area contributed by atoms with Crippen LogP contribution in [0.2, 0.25) is 5.02 Å². The van der Waals surface area contributed by atoms with Crippen LogP contribution in [0.5, 0.6) is 0 Å². The van der Waals surface area contributed by atoms with Crippen molar-refractivity contribution in [3.05, 3.63) is 28.8 Å². The van der Waals surface area contributed by atoms with E-state index in [4.69, 9.17) is 11.6 Å². The molecule has 1 aromatic carbocycles. The van der Waals surface area contributed by atoms with Gasteiger partial charge in [-0.15, -0.1) is 0 Å². The number of hydrogen-bond donors (Lipinski definition) is 0. The fraction of sp³-hybridized carbons (Fsp3) is 0.429. The van der Waals surface area contributed by atoms with Crippen LogP contribution >= 0.6 is 11.6 Å². The second-order valence-electron chi connectivity index (χ2n) is 5.48. The number of rotatable bonds is 5. The summed E-state index contributed by atoms with van der Waals surface area (Å²) in [6, 6.07) is 3.13. The third-order valence-electron chi connectivity index (χ3n) is 3.08. The van der Waals surface area contributed by atoms with Gasteiger partial charge in [0, 0.05) is 20.4 Å². The SMILES string of the molecule is CN(C)C(=O)CN(CC(F)(F)F)C(=O)c1cc(S(C)(=O)=O)ccc1Cl. The van der Waals surface area contributed by atoms with Gasteiger partial charge in [-0.25, -0.2) is 8.42 Å². The molecule has 0 N–H and O–H groups in total. The third-order valence-corrected chi connectivity index (χ3v) is 4.52. The van der Waals surface area contributed by atoms with E-state index in [9.17, 15) is 31.2 Å². The van der Waals surface area contributed by atoms with Crippen molar-refractivity contribution in [2.24, 2.45) is 0 Å². The topological polar surface area (TPSA) is 74.8 Å². The van der Waals surface area contributed by atoms with Gasteiger partial charge in [-0.1, -0.05) is 11.6 Å². The Morgan fingerprint density at radius 1 is 1.20 bits per heavy atom. The highest BCUT2D eigenvalue weighted by Crippen LogP contribution is 2.24. The van der Waals surface area contributed by atoms with Crippen molar-refractivity contribution in [3.8, 4) is 0 Å². The molecule has 6 nitrogen and oxygen atoms in total. The molecular formula is C14H16ClF3N2O4S. The van der Waals surface area contributed by atoms with Gasteiger partial charge in [0.05, 0.1) is 15.5 Å². The van der Waals surface area contributed by atoms with Crippen molar-refractivity contribution in [1.82, 2.24) is 9.80 Å². The molecule has 0 radical (unpaired) electrons. The maximum absolute atomic E-state index is 12.8. The number of carbonyl (C=O) groups is 2. The second-order valence-corrected chi connectivity index (χ2v) is 7.90. The molecule has 0 bridgehead atoms. The van der Waals surface area contributed by atoms with Gasteiger partial charge in [-0.3, -0.25) is 9.59 Å². The highest BCUT2D eigenvalue weighted by molar-refractivity contribution is 7.90. The number of halogens is 4. The van der Waals surface area contributed by atoms with Crippen molar-refractivity contribution in [3.63, 3.8) is 0 Å². The summed E-state index contributed by atoms with van der Waals surface area (Å²) >= 11 is 5.84. The summed E-state index contributed by atoms with van der Waals surface area (Å²) in [5.41, 5.74) is -0.430. The van der Waals surface area contributed by atoms with Gasteiger partial charge < -0.3 is 9.80 Å². The van der Waals surface area contributed by atoms with Gasteiger partial charge in [0.15, 0.2) is 9.84 Å². The average Bonchev–Trinajstić information content (AvgIpc) is 2.43. The number of likely N-dealkylation sites (N-methyl/N-ethyl adjacent to an activating group) is 1. The van der Waals surface area contributed by atoms with Crippen LogP contribution in [-0.4, -0.2) is 69.6 Å². The summed E-state index contributed by atoms with van der Waals surface area (Å²) in [7, 11) is -1.04. The first kappa shape index (κ1) is 21.2. The van der Waals surface area contributed by atoms with Crippen LogP contribution in [0.1, 0.15) is 10.4 Å². The van der Waals surface area contributed by atoms with E-state index in [0.29, 0.717) is 0 Å². The number of hydrogen-bond acceptors (Lipinski definition) is 4. The van der Waals surface area contributed by atoms with E-state index in [0.717, 1.165) is 29.4 Å². The fourth-order valence-corrected chi connectivity index (χ4v) is 2.64. The van der Waals surface area contributed by atoms with Crippen molar-refractivity contribution >= 4 is 33.3 Å². The third kappa shape index (κ3) is 6.20. The fourth-order valence-electron chi connectivity index (χ4n) is 1.79. The van der Waals surface area contributed by atoms with Crippen molar-refractivity contribution < 1.29 is 31.2 Å². The molecule has 0 unspecified atom stereocenters. The molecule has 0 aromatic heterocycles. The zero-order valence-electron chi connectivity index (χ0n) is 13.6. The Kier molecular flexibility index (Phi) is 6.46. The standard InChI is InChI=1S/C14H16ClF3N2O4S/c1-19(2)12(21)7-20(8-14(16,17)18)13(22)10-6-9(25(3,23)24)4-5-11(10)15/h4-6H,7-8H2,1-3H3. The number of sulfone groups is 1. The lowest BCUT2D eigenvalue weighted by Crippen LogP contribution is -2.45. The largest absolute Gasteiger partial charge is 0.406 e. The molecule has 0 saturated carbocycles. The predicted octanol–water partition coefficient (Wildman–Crippen LogP) is 1.84. The van der Waals surface area contributed by atoms with Gasteiger partial charge in [-0.2, -0.15) is 13.2 Å². The van der Waals surface area contributed by atoms with Crippen LogP contribution in [0.3, 0.4) is 0 Å². The molecule has 0 aliphatic heterocycles. The normalized spacial score (nSPS) is 12.0. The van der Waals surface area contributed by atoms with Gasteiger partial charge in [0.1, 0.15) is 13.1 Å². The van der Waals surface area contributed by atoms with Gasteiger partial charge in [-0.05, 0) is 18.2 Å². The Bertz CT molecular complexity index is 779. The Labute approximate surface area is 148 Å². The summed E-state index contributed by atoms with van der Waals surface area (Å²) in [5.74, 6) is -1.92. The molecule has 0 aliphatic rings. The van der Waals surface area contributed by atoms with E-state index in [1.165, 1.54) is 14.1 Å². The second kappa shape index (κ2) is 7.61. The van der Waals surface area contributed by atoms with Crippen molar-refractivity contribution in [2.75, 3.05) is 33.4 Å². The van der Waals surface area contributed by atoms with Crippen molar-refractivity contribution in [2.45, 2.75) is 11.1 Å². The lowest BCUT2D eigenvalue weighted by molar-refractivity contribution is -0.146. The molecule has 0 aliphatic carbocycles. The minimum absolute atomic E-state index is 0.220. The molecule has 140 valence electrons. The first-order valence-electron chi connectivity index (χ1n) is 6.78. The number of nitrogens with zero attached hydrogens (tertiary/aromatic N) is 2. The summed E-state index contributed by atoms with van der Waals surface area (Å²) in [6.07, 6.45) is -3.86. The molecule has 0 heterocycles. The van der Waals surface area contributed by atoms with Gasteiger partial charge in [0.2, 0.25) is 5.91 Å². The summed E-state index contributed by atoms with van der Waals surface area (Å²) < 4.78 is 61.4. The highest BCUT2D eigenvalue weighted by atomic mass is 35.5. The first-order valence-corrected chi connectivity index (χ1v) is 9.05. The van der Waals surface area contributed by atoms with Crippen molar-refractivity contribution in [1.29, 1.82) is 0 Å². The van der Waals surface area contributed by atoms with Gasteiger partial charge >= 0.3 is 6.18 Å². The molecule has 0 atom stereocenters. The monoisotopic (exact) mass is 400 g/mol. The van der Waals surface area contributed by atoms with Gasteiger partial charge in [0.25, 0.3) is 5.91 Å². The Hall–Kier alpha value is -1.81. The molecule has 1 rings (SSSR count). The molecule has 0 spiro atoms. The van der Waals surface area contributed by atoms with Crippen LogP contribution in [0.15, 0.2) is 23.1 Å².